The standard InChI is InChI=1S/C15H13NO3S/c1-10-9-11(15(18)19)4-5-12(10)16-7-6-13(17)14-3-2-8-20-14/h2-9,16H,1H3,(H,18,19)/p-1/b7-6+. The summed E-state index contributed by atoms with van der Waals surface area (Å²) in [7, 11) is 0. The van der Waals surface area contributed by atoms with Gasteiger partial charge >= 0.3 is 0 Å². The van der Waals surface area contributed by atoms with E-state index in [1.54, 1.807) is 25.3 Å². The molecule has 0 amide bonds. The van der Waals surface area contributed by atoms with Crippen LogP contribution in [0.1, 0.15) is 25.6 Å². The summed E-state index contributed by atoms with van der Waals surface area (Å²) in [5.74, 6) is -1.28. The van der Waals surface area contributed by atoms with Crippen molar-refractivity contribution in [3.05, 3.63) is 64.0 Å². The second-order valence-electron chi connectivity index (χ2n) is 4.14. The average molecular weight is 286 g/mol. The van der Waals surface area contributed by atoms with Gasteiger partial charge in [0, 0.05) is 18.0 Å². The van der Waals surface area contributed by atoms with E-state index in [1.165, 1.54) is 29.5 Å². The van der Waals surface area contributed by atoms with Crippen LogP contribution in [0, 0.1) is 6.92 Å². The summed E-state index contributed by atoms with van der Waals surface area (Å²) in [6.07, 6.45) is 2.99. The second-order valence-corrected chi connectivity index (χ2v) is 5.08. The third kappa shape index (κ3) is 3.33. The lowest BCUT2D eigenvalue weighted by molar-refractivity contribution is -0.255. The van der Waals surface area contributed by atoms with E-state index in [4.69, 9.17) is 0 Å². The van der Waals surface area contributed by atoms with Crippen LogP contribution in [0.5, 0.6) is 0 Å². The molecule has 0 atom stereocenters. The van der Waals surface area contributed by atoms with Crippen molar-refractivity contribution in [2.24, 2.45) is 0 Å². The van der Waals surface area contributed by atoms with E-state index in [-0.39, 0.29) is 11.3 Å². The Hall–Kier alpha value is -2.40. The summed E-state index contributed by atoms with van der Waals surface area (Å²) in [6, 6.07) is 8.20. The molecule has 1 aromatic carbocycles. The van der Waals surface area contributed by atoms with E-state index in [9.17, 15) is 14.7 Å². The van der Waals surface area contributed by atoms with Gasteiger partial charge in [0.15, 0.2) is 5.78 Å². The lowest BCUT2D eigenvalue weighted by Crippen LogP contribution is -2.22. The van der Waals surface area contributed by atoms with Crippen molar-refractivity contribution >= 4 is 28.8 Å². The van der Waals surface area contributed by atoms with Crippen LogP contribution in [-0.4, -0.2) is 11.8 Å². The van der Waals surface area contributed by atoms with Crippen LogP contribution in [-0.2, 0) is 0 Å². The molecule has 2 rings (SSSR count). The number of anilines is 1. The Labute approximate surface area is 120 Å². The van der Waals surface area contributed by atoms with Crippen LogP contribution in [0.25, 0.3) is 0 Å². The smallest absolute Gasteiger partial charge is 0.197 e. The van der Waals surface area contributed by atoms with Crippen LogP contribution in [0.15, 0.2) is 48.0 Å². The van der Waals surface area contributed by atoms with Crippen molar-refractivity contribution in [1.82, 2.24) is 0 Å². The molecule has 5 heteroatoms. The molecule has 0 aliphatic carbocycles. The first-order valence-electron chi connectivity index (χ1n) is 5.91. The van der Waals surface area contributed by atoms with Crippen molar-refractivity contribution in [3.63, 3.8) is 0 Å². The SMILES string of the molecule is Cc1cc(C(=O)[O-])ccc1N/C=C/C(=O)c1cccs1. The van der Waals surface area contributed by atoms with Gasteiger partial charge in [-0.2, -0.15) is 0 Å². The quantitative estimate of drug-likeness (QED) is 0.676. The van der Waals surface area contributed by atoms with E-state index < -0.39 is 5.97 Å². The minimum absolute atomic E-state index is 0.0727. The molecule has 0 radical (unpaired) electrons. The number of carboxylic acids is 1. The Morgan fingerprint density at radius 1 is 1.30 bits per heavy atom. The van der Waals surface area contributed by atoms with E-state index in [1.807, 2.05) is 11.4 Å². The molecule has 0 saturated carbocycles. The number of thiophene rings is 1. The number of hydrogen-bond acceptors (Lipinski definition) is 5. The minimum Gasteiger partial charge on any atom is -0.545 e. The molecule has 1 N–H and O–H groups in total. The predicted octanol–water partition coefficient (Wildman–Crippen LogP) is 2.23. The van der Waals surface area contributed by atoms with Gasteiger partial charge in [-0.1, -0.05) is 12.1 Å². The Balaban J connectivity index is 2.04. The zero-order chi connectivity index (χ0) is 14.5. The van der Waals surface area contributed by atoms with Crippen molar-refractivity contribution in [1.29, 1.82) is 0 Å². The van der Waals surface area contributed by atoms with Crippen molar-refractivity contribution in [3.8, 4) is 0 Å². The average Bonchev–Trinajstić information content (AvgIpc) is 2.94. The van der Waals surface area contributed by atoms with Crippen molar-refractivity contribution in [2.45, 2.75) is 6.92 Å². The maximum Gasteiger partial charge on any atom is 0.197 e. The van der Waals surface area contributed by atoms with Crippen molar-refractivity contribution < 1.29 is 14.7 Å². The number of carbonyl (C=O) groups is 2. The normalized spacial score (nSPS) is 10.7. The molecular formula is C15H12NO3S-. The fourth-order valence-electron chi connectivity index (χ4n) is 1.66. The van der Waals surface area contributed by atoms with Gasteiger partial charge in [0.1, 0.15) is 0 Å². The lowest BCUT2D eigenvalue weighted by Gasteiger charge is -2.08. The number of benzene rings is 1. The lowest BCUT2D eigenvalue weighted by atomic mass is 10.1. The maximum atomic E-state index is 11.7. The molecule has 1 heterocycles. The predicted molar refractivity (Wildman–Crippen MR) is 76.9 cm³/mol. The zero-order valence-corrected chi connectivity index (χ0v) is 11.6. The molecule has 0 unspecified atom stereocenters. The number of ketones is 1. The molecule has 0 aliphatic heterocycles. The number of rotatable bonds is 5. The maximum absolute atomic E-state index is 11.7. The van der Waals surface area contributed by atoms with E-state index >= 15 is 0 Å². The Morgan fingerprint density at radius 2 is 2.10 bits per heavy atom. The van der Waals surface area contributed by atoms with Gasteiger partial charge in [-0.3, -0.25) is 4.79 Å². The summed E-state index contributed by atoms with van der Waals surface area (Å²) in [5.41, 5.74) is 1.64. The first-order chi connectivity index (χ1) is 9.58. The van der Waals surface area contributed by atoms with Crippen LogP contribution in [0.3, 0.4) is 0 Å². The van der Waals surface area contributed by atoms with Gasteiger partial charge in [-0.15, -0.1) is 11.3 Å². The molecule has 2 aromatic rings. The molecular weight excluding hydrogens is 274 g/mol. The highest BCUT2D eigenvalue weighted by Gasteiger charge is 2.02. The summed E-state index contributed by atoms with van der Waals surface area (Å²) in [5, 5.41) is 15.5. The van der Waals surface area contributed by atoms with Crippen LogP contribution >= 0.6 is 11.3 Å². The second kappa shape index (κ2) is 6.16. The van der Waals surface area contributed by atoms with Gasteiger partial charge in [0.2, 0.25) is 0 Å². The van der Waals surface area contributed by atoms with E-state index in [2.05, 4.69) is 5.32 Å². The largest absolute Gasteiger partial charge is 0.545 e. The number of aryl methyl sites for hydroxylation is 1. The molecule has 4 nitrogen and oxygen atoms in total. The number of hydrogen-bond donors (Lipinski definition) is 1. The molecule has 0 aliphatic rings. The zero-order valence-electron chi connectivity index (χ0n) is 10.8. The van der Waals surface area contributed by atoms with E-state index in [0.29, 0.717) is 4.88 Å². The number of carboxylic acid groups (broad SMARTS) is 1. The molecule has 0 bridgehead atoms. The Morgan fingerprint density at radius 3 is 2.70 bits per heavy atom. The highest BCUT2D eigenvalue weighted by molar-refractivity contribution is 7.12. The third-order valence-electron chi connectivity index (χ3n) is 2.70. The Kier molecular flexibility index (Phi) is 4.32. The molecule has 0 spiro atoms. The third-order valence-corrected chi connectivity index (χ3v) is 3.58. The summed E-state index contributed by atoms with van der Waals surface area (Å²) < 4.78 is 0. The monoisotopic (exact) mass is 286 g/mol. The number of aromatic carboxylic acids is 1. The minimum atomic E-state index is -1.21. The number of allylic oxidation sites excluding steroid dienone is 1. The van der Waals surface area contributed by atoms with Gasteiger partial charge in [-0.05, 0) is 41.6 Å². The molecule has 102 valence electrons. The van der Waals surface area contributed by atoms with Gasteiger partial charge in [0.25, 0.3) is 0 Å². The summed E-state index contributed by atoms with van der Waals surface area (Å²) in [6.45, 7) is 1.78. The van der Waals surface area contributed by atoms with Crippen LogP contribution in [0.2, 0.25) is 0 Å². The van der Waals surface area contributed by atoms with Crippen molar-refractivity contribution in [2.75, 3.05) is 5.32 Å². The fraction of sp³-hybridized carbons (Fsp3) is 0.0667. The van der Waals surface area contributed by atoms with Crippen LogP contribution < -0.4 is 10.4 Å². The molecule has 0 fully saturated rings. The summed E-state index contributed by atoms with van der Waals surface area (Å²) in [4.78, 5) is 23.1. The Bertz CT molecular complexity index is 660. The van der Waals surface area contributed by atoms with Gasteiger partial charge < -0.3 is 15.2 Å². The van der Waals surface area contributed by atoms with Gasteiger partial charge in [0.05, 0.1) is 10.8 Å². The first-order valence-corrected chi connectivity index (χ1v) is 6.79. The highest BCUT2D eigenvalue weighted by atomic mass is 32.1. The first kappa shape index (κ1) is 14.0. The molecule has 20 heavy (non-hydrogen) atoms. The topological polar surface area (TPSA) is 69.2 Å². The van der Waals surface area contributed by atoms with E-state index in [0.717, 1.165) is 11.3 Å². The highest BCUT2D eigenvalue weighted by Crippen LogP contribution is 2.16. The molecule has 1 aromatic heterocycles. The van der Waals surface area contributed by atoms with Crippen LogP contribution in [0.4, 0.5) is 5.69 Å². The number of nitrogens with one attached hydrogen (secondary N) is 1. The molecule has 0 saturated heterocycles. The summed E-state index contributed by atoms with van der Waals surface area (Å²) >= 11 is 1.38. The fourth-order valence-corrected chi connectivity index (χ4v) is 2.31. The number of carbonyl (C=O) groups excluding carboxylic acids is 2. The van der Waals surface area contributed by atoms with Gasteiger partial charge in [-0.25, -0.2) is 0 Å².